The van der Waals surface area contributed by atoms with Gasteiger partial charge < -0.3 is 9.47 Å². The third kappa shape index (κ3) is 8.29. The molecule has 0 fully saturated rings. The number of rotatable bonds is 11. The second-order valence-corrected chi connectivity index (χ2v) is 7.11. The second-order valence-electron chi connectivity index (χ2n) is 7.11. The normalized spacial score (nSPS) is 10.6. The van der Waals surface area contributed by atoms with Crippen molar-refractivity contribution in [2.24, 2.45) is 0 Å². The molecular weight excluding hydrogens is 336 g/mol. The van der Waals surface area contributed by atoms with Gasteiger partial charge in [0.25, 0.3) is 0 Å². The van der Waals surface area contributed by atoms with Crippen LogP contribution in [0.25, 0.3) is 0 Å². The maximum atomic E-state index is 11.8. The van der Waals surface area contributed by atoms with Gasteiger partial charge in [-0.15, -0.1) is 0 Å². The third-order valence-electron chi connectivity index (χ3n) is 4.92. The molecule has 27 heavy (non-hydrogen) atoms. The Labute approximate surface area is 163 Å². The molecular formula is C24H32O3. The predicted molar refractivity (Wildman–Crippen MR) is 110 cm³/mol. The van der Waals surface area contributed by atoms with Crippen LogP contribution >= 0.6 is 0 Å². The van der Waals surface area contributed by atoms with Crippen LogP contribution in [0.5, 0.6) is 5.75 Å². The molecule has 0 saturated heterocycles. The molecule has 3 nitrogen and oxygen atoms in total. The Kier molecular flexibility index (Phi) is 9.47. The van der Waals surface area contributed by atoms with Gasteiger partial charge in [0.2, 0.25) is 0 Å². The Hall–Kier alpha value is -2.29. The van der Waals surface area contributed by atoms with Gasteiger partial charge >= 0.3 is 6.16 Å². The van der Waals surface area contributed by atoms with Gasteiger partial charge in [0.05, 0.1) is 6.61 Å². The SMILES string of the molecule is Cc1cccc(OC(=O)OCCCCCCCCCc2ccccc2)c1C. The van der Waals surface area contributed by atoms with E-state index in [0.717, 1.165) is 24.0 Å². The third-order valence-corrected chi connectivity index (χ3v) is 4.92. The summed E-state index contributed by atoms with van der Waals surface area (Å²) in [6.45, 7) is 4.37. The molecule has 0 N–H and O–H groups in total. The summed E-state index contributed by atoms with van der Waals surface area (Å²) in [5.41, 5.74) is 3.51. The fourth-order valence-corrected chi connectivity index (χ4v) is 3.07. The highest BCUT2D eigenvalue weighted by Gasteiger charge is 2.09. The minimum atomic E-state index is -0.607. The van der Waals surface area contributed by atoms with Crippen molar-refractivity contribution in [2.75, 3.05) is 6.61 Å². The van der Waals surface area contributed by atoms with E-state index in [4.69, 9.17) is 9.47 Å². The Morgan fingerprint density at radius 2 is 1.44 bits per heavy atom. The van der Waals surface area contributed by atoms with Crippen LogP contribution in [0, 0.1) is 13.8 Å². The molecule has 2 rings (SSSR count). The molecule has 0 aliphatic carbocycles. The summed E-state index contributed by atoms with van der Waals surface area (Å²) in [6.07, 6.45) is 8.83. The molecule has 0 radical (unpaired) electrons. The molecule has 0 bridgehead atoms. The standard InChI is InChI=1S/C24H32O3/c1-20-14-13-18-23(21(20)2)27-24(25)26-19-12-7-5-3-4-6-9-15-22-16-10-8-11-17-22/h8,10-11,13-14,16-18H,3-7,9,12,15,19H2,1-2H3. The van der Waals surface area contributed by atoms with Crippen LogP contribution in [0.2, 0.25) is 0 Å². The number of unbranched alkanes of at least 4 members (excludes halogenated alkanes) is 6. The molecule has 0 saturated carbocycles. The number of hydrogen-bond acceptors (Lipinski definition) is 3. The van der Waals surface area contributed by atoms with Crippen LogP contribution in [-0.2, 0) is 11.2 Å². The van der Waals surface area contributed by atoms with E-state index in [-0.39, 0.29) is 0 Å². The van der Waals surface area contributed by atoms with Gasteiger partial charge in [-0.1, -0.05) is 74.6 Å². The molecule has 146 valence electrons. The average molecular weight is 369 g/mol. The molecule has 0 unspecified atom stereocenters. The van der Waals surface area contributed by atoms with Crippen molar-refractivity contribution in [3.8, 4) is 5.75 Å². The van der Waals surface area contributed by atoms with Crippen LogP contribution in [-0.4, -0.2) is 12.8 Å². The Bertz CT molecular complexity index is 679. The lowest BCUT2D eigenvalue weighted by atomic mass is 10.0. The Balaban J connectivity index is 1.44. The van der Waals surface area contributed by atoms with E-state index >= 15 is 0 Å². The largest absolute Gasteiger partial charge is 0.513 e. The fourth-order valence-electron chi connectivity index (χ4n) is 3.07. The van der Waals surface area contributed by atoms with Crippen molar-refractivity contribution in [3.05, 3.63) is 65.2 Å². The van der Waals surface area contributed by atoms with Crippen LogP contribution in [0.1, 0.15) is 61.6 Å². The number of ether oxygens (including phenoxy) is 2. The average Bonchev–Trinajstić information content (AvgIpc) is 2.68. The first-order chi connectivity index (χ1) is 13.2. The first-order valence-corrected chi connectivity index (χ1v) is 10.1. The molecule has 2 aromatic carbocycles. The summed E-state index contributed by atoms with van der Waals surface area (Å²) in [5.74, 6) is 0.579. The molecule has 0 aromatic heterocycles. The molecule has 3 heteroatoms. The fraction of sp³-hybridized carbons (Fsp3) is 0.458. The monoisotopic (exact) mass is 368 g/mol. The molecule has 0 atom stereocenters. The summed E-state index contributed by atoms with van der Waals surface area (Å²) in [7, 11) is 0. The number of carbonyl (C=O) groups excluding carboxylic acids is 1. The smallest absolute Gasteiger partial charge is 0.434 e. The van der Waals surface area contributed by atoms with Crippen LogP contribution < -0.4 is 4.74 Å². The zero-order valence-electron chi connectivity index (χ0n) is 16.7. The quantitative estimate of drug-likeness (QED) is 0.249. The minimum Gasteiger partial charge on any atom is -0.434 e. The molecule has 0 amide bonds. The lowest BCUT2D eigenvalue weighted by Gasteiger charge is -2.09. The van der Waals surface area contributed by atoms with Gasteiger partial charge in [-0.2, -0.15) is 0 Å². The van der Waals surface area contributed by atoms with Gasteiger partial charge in [0.15, 0.2) is 0 Å². The lowest BCUT2D eigenvalue weighted by molar-refractivity contribution is 0.0970. The van der Waals surface area contributed by atoms with E-state index in [1.54, 1.807) is 6.07 Å². The summed E-state index contributed by atoms with van der Waals surface area (Å²) in [5, 5.41) is 0. The molecule has 0 spiro atoms. The Morgan fingerprint density at radius 1 is 0.778 bits per heavy atom. The summed E-state index contributed by atoms with van der Waals surface area (Å²) >= 11 is 0. The first-order valence-electron chi connectivity index (χ1n) is 10.1. The van der Waals surface area contributed by atoms with E-state index in [9.17, 15) is 4.79 Å². The van der Waals surface area contributed by atoms with Crippen molar-refractivity contribution in [1.82, 2.24) is 0 Å². The summed E-state index contributed by atoms with van der Waals surface area (Å²) in [6, 6.07) is 16.3. The number of aryl methyl sites for hydroxylation is 2. The van der Waals surface area contributed by atoms with Gasteiger partial charge in [-0.3, -0.25) is 0 Å². The van der Waals surface area contributed by atoms with Crippen molar-refractivity contribution in [2.45, 2.75) is 65.2 Å². The minimum absolute atomic E-state index is 0.428. The molecule has 0 heterocycles. The second kappa shape index (κ2) is 12.2. The van der Waals surface area contributed by atoms with E-state index in [1.807, 2.05) is 26.0 Å². The topological polar surface area (TPSA) is 35.5 Å². The van der Waals surface area contributed by atoms with Crippen molar-refractivity contribution in [1.29, 1.82) is 0 Å². The Morgan fingerprint density at radius 3 is 2.19 bits per heavy atom. The highest BCUT2D eigenvalue weighted by atomic mass is 16.7. The number of benzene rings is 2. The van der Waals surface area contributed by atoms with E-state index < -0.39 is 6.16 Å². The van der Waals surface area contributed by atoms with Gasteiger partial charge in [0, 0.05) is 0 Å². The van der Waals surface area contributed by atoms with E-state index in [0.29, 0.717) is 12.4 Å². The van der Waals surface area contributed by atoms with Gasteiger partial charge in [0.1, 0.15) is 5.75 Å². The molecule has 0 aliphatic heterocycles. The summed E-state index contributed by atoms with van der Waals surface area (Å²) in [4.78, 5) is 11.8. The first kappa shape index (κ1) is 21.0. The highest BCUT2D eigenvalue weighted by molar-refractivity contribution is 5.64. The van der Waals surface area contributed by atoms with Crippen LogP contribution in [0.3, 0.4) is 0 Å². The zero-order chi connectivity index (χ0) is 19.3. The van der Waals surface area contributed by atoms with E-state index in [2.05, 4.69) is 30.3 Å². The predicted octanol–water partition coefficient (Wildman–Crippen LogP) is 6.79. The maximum absolute atomic E-state index is 11.8. The van der Waals surface area contributed by atoms with Crippen molar-refractivity contribution >= 4 is 6.16 Å². The van der Waals surface area contributed by atoms with Crippen LogP contribution in [0.15, 0.2) is 48.5 Å². The lowest BCUT2D eigenvalue weighted by Crippen LogP contribution is -2.12. The van der Waals surface area contributed by atoms with Crippen molar-refractivity contribution < 1.29 is 14.3 Å². The van der Waals surface area contributed by atoms with Crippen LogP contribution in [0.4, 0.5) is 4.79 Å². The summed E-state index contributed by atoms with van der Waals surface area (Å²) < 4.78 is 10.4. The molecule has 2 aromatic rings. The molecule has 0 aliphatic rings. The van der Waals surface area contributed by atoms with Gasteiger partial charge in [-0.25, -0.2) is 4.79 Å². The van der Waals surface area contributed by atoms with Crippen molar-refractivity contribution in [3.63, 3.8) is 0 Å². The van der Waals surface area contributed by atoms with Gasteiger partial charge in [-0.05, 0) is 55.9 Å². The number of hydrogen-bond donors (Lipinski definition) is 0. The highest BCUT2D eigenvalue weighted by Crippen LogP contribution is 2.21. The number of carbonyl (C=O) groups is 1. The zero-order valence-corrected chi connectivity index (χ0v) is 16.7. The maximum Gasteiger partial charge on any atom is 0.513 e. The van der Waals surface area contributed by atoms with E-state index in [1.165, 1.54) is 44.1 Å².